The van der Waals surface area contributed by atoms with Crippen LogP contribution in [0.2, 0.25) is 5.02 Å². The highest BCUT2D eigenvalue weighted by atomic mass is 35.5. The fraction of sp³-hybridized carbons (Fsp3) is 0.219. The van der Waals surface area contributed by atoms with E-state index >= 15 is 0 Å². The van der Waals surface area contributed by atoms with Crippen LogP contribution in [0.1, 0.15) is 51.3 Å². The number of nitrogens with one attached hydrogen (secondary N) is 2. The largest absolute Gasteiger partial charge is 0.467 e. The third kappa shape index (κ3) is 7.17. The fourth-order valence-corrected chi connectivity index (χ4v) is 4.43. The predicted octanol–water partition coefficient (Wildman–Crippen LogP) is 6.15. The molecule has 204 valence electrons. The molecule has 0 radical (unpaired) electrons. The number of benzene rings is 3. The summed E-state index contributed by atoms with van der Waals surface area (Å²) in [6.07, 6.45) is 0.191. The van der Waals surface area contributed by atoms with Crippen molar-refractivity contribution in [3.05, 3.63) is 117 Å². The van der Waals surface area contributed by atoms with Crippen LogP contribution in [0.4, 0.5) is 0 Å². The van der Waals surface area contributed by atoms with Crippen LogP contribution >= 0.6 is 11.6 Å². The quantitative estimate of drug-likeness (QED) is 0.228. The van der Waals surface area contributed by atoms with Gasteiger partial charge in [0.2, 0.25) is 0 Å². The molecule has 0 unspecified atom stereocenters. The zero-order chi connectivity index (χ0) is 28.6. The normalized spacial score (nSPS) is 12.3. The average molecular weight is 556 g/mol. The lowest BCUT2D eigenvalue weighted by Crippen LogP contribution is -2.43. The van der Waals surface area contributed by atoms with E-state index < -0.39 is 17.9 Å². The molecule has 3 aromatic carbocycles. The van der Waals surface area contributed by atoms with Crippen molar-refractivity contribution in [1.29, 1.82) is 5.26 Å². The van der Waals surface area contributed by atoms with E-state index in [0.29, 0.717) is 23.4 Å². The number of carbonyl (C=O) groups is 2. The van der Waals surface area contributed by atoms with Gasteiger partial charge in [-0.25, -0.2) is 4.79 Å². The fourth-order valence-electron chi connectivity index (χ4n) is 4.23. The number of furan rings is 1. The van der Waals surface area contributed by atoms with Crippen molar-refractivity contribution in [3.63, 3.8) is 0 Å². The van der Waals surface area contributed by atoms with Crippen LogP contribution in [0.3, 0.4) is 0 Å². The van der Waals surface area contributed by atoms with Gasteiger partial charge in [0.05, 0.1) is 35.9 Å². The van der Waals surface area contributed by atoms with Crippen molar-refractivity contribution in [3.8, 4) is 17.4 Å². The molecule has 8 heteroatoms. The zero-order valence-electron chi connectivity index (χ0n) is 22.5. The van der Waals surface area contributed by atoms with E-state index in [2.05, 4.69) is 54.8 Å². The summed E-state index contributed by atoms with van der Waals surface area (Å²) in [6.45, 7) is 4.70. The highest BCUT2D eigenvalue weighted by Gasteiger charge is 2.24. The molecule has 0 aliphatic heterocycles. The molecular weight excluding hydrogens is 526 g/mol. The van der Waals surface area contributed by atoms with Crippen molar-refractivity contribution >= 4 is 23.5 Å². The maximum absolute atomic E-state index is 13.2. The predicted molar refractivity (Wildman–Crippen MR) is 154 cm³/mol. The molecule has 0 fully saturated rings. The Morgan fingerprint density at radius 1 is 1.02 bits per heavy atom. The molecular formula is C32H30ClN3O4. The van der Waals surface area contributed by atoms with Crippen LogP contribution in [-0.4, -0.2) is 25.0 Å². The highest BCUT2D eigenvalue weighted by molar-refractivity contribution is 6.34. The molecule has 1 amide bonds. The SMILES string of the molecule is COC(=O)[C@@H](Cc1ccc(C#N)cc1)NC(=O)c1cc(-c2ccc(CN[C@H](C)c3ccc(C)cc3)o2)ccc1Cl. The number of nitriles is 1. The Balaban J connectivity index is 1.45. The van der Waals surface area contributed by atoms with Crippen molar-refractivity contribution in [2.24, 2.45) is 0 Å². The van der Waals surface area contributed by atoms with Crippen LogP contribution in [-0.2, 0) is 22.5 Å². The number of rotatable bonds is 10. The Kier molecular flexibility index (Phi) is 9.39. The number of hydrogen-bond donors (Lipinski definition) is 2. The third-order valence-corrected chi connectivity index (χ3v) is 6.96. The van der Waals surface area contributed by atoms with Gasteiger partial charge in [-0.3, -0.25) is 4.79 Å². The lowest BCUT2D eigenvalue weighted by atomic mass is 10.0. The summed E-state index contributed by atoms with van der Waals surface area (Å²) in [7, 11) is 1.26. The maximum Gasteiger partial charge on any atom is 0.328 e. The van der Waals surface area contributed by atoms with Crippen LogP contribution in [0, 0.1) is 18.3 Å². The first-order valence-corrected chi connectivity index (χ1v) is 13.2. The molecule has 1 heterocycles. The molecule has 0 spiro atoms. The number of carbonyl (C=O) groups excluding carboxylic acids is 2. The smallest absolute Gasteiger partial charge is 0.328 e. The number of hydrogen-bond acceptors (Lipinski definition) is 6. The van der Waals surface area contributed by atoms with E-state index in [1.54, 1.807) is 42.5 Å². The third-order valence-electron chi connectivity index (χ3n) is 6.63. The topological polar surface area (TPSA) is 104 Å². The molecule has 0 bridgehead atoms. The van der Waals surface area contributed by atoms with Crippen LogP contribution < -0.4 is 10.6 Å². The number of aryl methyl sites for hydroxylation is 1. The van der Waals surface area contributed by atoms with Crippen LogP contribution in [0.5, 0.6) is 0 Å². The van der Waals surface area contributed by atoms with Crippen LogP contribution in [0.15, 0.2) is 83.3 Å². The Hall–Kier alpha value is -4.38. The molecule has 0 saturated carbocycles. The van der Waals surface area contributed by atoms with Crippen molar-refractivity contribution in [2.45, 2.75) is 38.9 Å². The van der Waals surface area contributed by atoms with Gasteiger partial charge in [0.25, 0.3) is 5.91 Å². The number of ether oxygens (including phenoxy) is 1. The molecule has 4 aromatic rings. The summed E-state index contributed by atoms with van der Waals surface area (Å²) in [5.41, 5.74) is 4.56. The van der Waals surface area contributed by atoms with E-state index in [1.807, 2.05) is 12.1 Å². The van der Waals surface area contributed by atoms with Gasteiger partial charge in [0.1, 0.15) is 17.6 Å². The van der Waals surface area contributed by atoms with Gasteiger partial charge in [0, 0.05) is 18.0 Å². The van der Waals surface area contributed by atoms with Crippen molar-refractivity contribution < 1.29 is 18.7 Å². The van der Waals surface area contributed by atoms with E-state index in [9.17, 15) is 9.59 Å². The summed E-state index contributed by atoms with van der Waals surface area (Å²) in [5.74, 6) is 0.236. The summed E-state index contributed by atoms with van der Waals surface area (Å²) >= 11 is 6.38. The molecule has 0 aliphatic carbocycles. The molecule has 0 aliphatic rings. The minimum Gasteiger partial charge on any atom is -0.467 e. The zero-order valence-corrected chi connectivity index (χ0v) is 23.3. The van der Waals surface area contributed by atoms with Gasteiger partial charge >= 0.3 is 5.97 Å². The summed E-state index contributed by atoms with van der Waals surface area (Å²) < 4.78 is 11.0. The lowest BCUT2D eigenvalue weighted by Gasteiger charge is -2.17. The molecule has 2 atom stereocenters. The van der Waals surface area contributed by atoms with Crippen molar-refractivity contribution in [1.82, 2.24) is 10.6 Å². The van der Waals surface area contributed by atoms with E-state index in [1.165, 1.54) is 18.2 Å². The second-order valence-electron chi connectivity index (χ2n) is 9.54. The first kappa shape index (κ1) is 28.6. The summed E-state index contributed by atoms with van der Waals surface area (Å²) in [4.78, 5) is 25.7. The highest BCUT2D eigenvalue weighted by Crippen LogP contribution is 2.27. The number of nitrogens with zero attached hydrogens (tertiary/aromatic N) is 1. The monoisotopic (exact) mass is 555 g/mol. The molecule has 4 rings (SSSR count). The first-order chi connectivity index (χ1) is 19.3. The summed E-state index contributed by atoms with van der Waals surface area (Å²) in [6, 6.07) is 25.2. The Morgan fingerprint density at radius 3 is 2.42 bits per heavy atom. The second kappa shape index (κ2) is 13.1. The minimum atomic E-state index is -0.943. The average Bonchev–Trinajstić information content (AvgIpc) is 3.45. The van der Waals surface area contributed by atoms with E-state index in [-0.39, 0.29) is 23.0 Å². The Labute approximate surface area is 238 Å². The number of amides is 1. The summed E-state index contributed by atoms with van der Waals surface area (Å²) in [5, 5.41) is 15.4. The van der Waals surface area contributed by atoms with Gasteiger partial charge in [-0.15, -0.1) is 0 Å². The molecule has 0 saturated heterocycles. The Morgan fingerprint density at radius 2 is 1.75 bits per heavy atom. The standard InChI is InChI=1S/C32H30ClN3O4/c1-20-4-10-24(11-5-20)21(2)35-19-26-13-15-30(40-26)25-12-14-28(33)27(17-25)31(37)36-29(32(38)39-3)16-22-6-8-23(18-34)9-7-22/h4-15,17,21,29,35H,16,19H2,1-3H3,(H,36,37)/t21-,29-/m1/s1. The number of halogens is 1. The van der Waals surface area contributed by atoms with Gasteiger partial charge < -0.3 is 19.8 Å². The molecule has 2 N–H and O–H groups in total. The first-order valence-electron chi connectivity index (χ1n) is 12.8. The van der Waals surface area contributed by atoms with Gasteiger partial charge in [-0.05, 0) is 67.4 Å². The lowest BCUT2D eigenvalue weighted by molar-refractivity contribution is -0.142. The van der Waals surface area contributed by atoms with Gasteiger partial charge in [0.15, 0.2) is 0 Å². The number of methoxy groups -OCH3 is 1. The number of esters is 1. The molecule has 40 heavy (non-hydrogen) atoms. The van der Waals surface area contributed by atoms with E-state index in [4.69, 9.17) is 26.0 Å². The molecule has 1 aromatic heterocycles. The molecule has 7 nitrogen and oxygen atoms in total. The van der Waals surface area contributed by atoms with Gasteiger partial charge in [-0.1, -0.05) is 53.6 Å². The minimum absolute atomic E-state index is 0.145. The van der Waals surface area contributed by atoms with E-state index in [0.717, 1.165) is 11.3 Å². The van der Waals surface area contributed by atoms with Crippen LogP contribution in [0.25, 0.3) is 11.3 Å². The Bertz CT molecular complexity index is 1520. The van der Waals surface area contributed by atoms with Crippen molar-refractivity contribution in [2.75, 3.05) is 7.11 Å². The maximum atomic E-state index is 13.2. The second-order valence-corrected chi connectivity index (χ2v) is 9.94. The van der Waals surface area contributed by atoms with Gasteiger partial charge in [-0.2, -0.15) is 5.26 Å².